The number of aromatic nitrogens is 2. The Labute approximate surface area is 135 Å². The fraction of sp³-hybridized carbons (Fsp3) is 0.353. The van der Waals surface area contributed by atoms with Crippen molar-refractivity contribution in [1.82, 2.24) is 14.9 Å². The zero-order valence-corrected chi connectivity index (χ0v) is 13.4. The molecule has 0 aliphatic heterocycles. The normalized spacial score (nSPS) is 10.6. The number of rotatable bonds is 7. The lowest BCUT2D eigenvalue weighted by atomic mass is 10.0. The first kappa shape index (κ1) is 16.7. The molecule has 0 unspecified atom stereocenters. The number of benzene rings is 1. The average Bonchev–Trinajstić information content (AvgIpc) is 2.55. The Bertz CT molecular complexity index is 693. The van der Waals surface area contributed by atoms with Gasteiger partial charge in [0.1, 0.15) is 5.75 Å². The van der Waals surface area contributed by atoms with Crippen LogP contribution in [0.3, 0.4) is 0 Å². The van der Waals surface area contributed by atoms with E-state index in [1.165, 1.54) is 16.3 Å². The van der Waals surface area contributed by atoms with Crippen molar-refractivity contribution in [3.8, 4) is 5.75 Å². The van der Waals surface area contributed by atoms with Crippen LogP contribution >= 0.6 is 0 Å². The van der Waals surface area contributed by atoms with Crippen molar-refractivity contribution in [2.24, 2.45) is 0 Å². The van der Waals surface area contributed by atoms with Crippen molar-refractivity contribution in [3.05, 3.63) is 58.8 Å². The molecule has 6 nitrogen and oxygen atoms in total. The lowest BCUT2D eigenvalue weighted by Gasteiger charge is -2.10. The molecular formula is C17H21N3O3. The van der Waals surface area contributed by atoms with Gasteiger partial charge in [-0.05, 0) is 29.7 Å². The molecule has 0 saturated carbocycles. The van der Waals surface area contributed by atoms with Gasteiger partial charge in [-0.25, -0.2) is 9.78 Å². The molecule has 1 aromatic carbocycles. The van der Waals surface area contributed by atoms with Gasteiger partial charge in [0, 0.05) is 25.5 Å². The maximum Gasteiger partial charge on any atom is 0.347 e. The van der Waals surface area contributed by atoms with Crippen LogP contribution in [-0.2, 0) is 11.3 Å². The Hall–Kier alpha value is -2.63. The number of ether oxygens (including phenoxy) is 1. The lowest BCUT2D eigenvalue weighted by molar-refractivity contribution is -0.123. The molecule has 0 aliphatic rings. The smallest absolute Gasteiger partial charge is 0.347 e. The molecule has 0 fully saturated rings. The first-order chi connectivity index (χ1) is 11.1. The molecule has 1 heterocycles. The van der Waals surface area contributed by atoms with E-state index in [-0.39, 0.29) is 18.2 Å². The molecule has 0 radical (unpaired) electrons. The fourth-order valence-electron chi connectivity index (χ4n) is 2.02. The molecule has 23 heavy (non-hydrogen) atoms. The molecule has 0 saturated heterocycles. The van der Waals surface area contributed by atoms with Crippen LogP contribution in [0.25, 0.3) is 0 Å². The Morgan fingerprint density at radius 3 is 2.70 bits per heavy atom. The van der Waals surface area contributed by atoms with Gasteiger partial charge in [-0.3, -0.25) is 9.36 Å². The maximum absolute atomic E-state index is 11.7. The average molecular weight is 315 g/mol. The minimum absolute atomic E-state index is 0.0526. The van der Waals surface area contributed by atoms with Crippen molar-refractivity contribution < 1.29 is 9.53 Å². The van der Waals surface area contributed by atoms with E-state index in [1.807, 2.05) is 24.3 Å². The van der Waals surface area contributed by atoms with Crippen molar-refractivity contribution >= 4 is 5.91 Å². The van der Waals surface area contributed by atoms with Gasteiger partial charge in [0.25, 0.3) is 5.91 Å². The van der Waals surface area contributed by atoms with Crippen molar-refractivity contribution in [2.75, 3.05) is 13.2 Å². The number of carbonyl (C=O) groups excluding carboxylic acids is 1. The Morgan fingerprint density at radius 2 is 2.04 bits per heavy atom. The summed E-state index contributed by atoms with van der Waals surface area (Å²) in [4.78, 5) is 26.8. The van der Waals surface area contributed by atoms with Crippen LogP contribution in [0, 0.1) is 0 Å². The monoisotopic (exact) mass is 315 g/mol. The number of hydrogen-bond acceptors (Lipinski definition) is 4. The van der Waals surface area contributed by atoms with Gasteiger partial charge >= 0.3 is 5.69 Å². The van der Waals surface area contributed by atoms with E-state index in [9.17, 15) is 9.59 Å². The summed E-state index contributed by atoms with van der Waals surface area (Å²) < 4.78 is 6.87. The van der Waals surface area contributed by atoms with Gasteiger partial charge in [-0.1, -0.05) is 26.0 Å². The van der Waals surface area contributed by atoms with E-state index in [4.69, 9.17) is 4.74 Å². The first-order valence-corrected chi connectivity index (χ1v) is 7.57. The highest BCUT2D eigenvalue weighted by molar-refractivity contribution is 5.77. The second-order valence-electron chi connectivity index (χ2n) is 5.46. The van der Waals surface area contributed by atoms with Crippen LogP contribution in [0.2, 0.25) is 0 Å². The summed E-state index contributed by atoms with van der Waals surface area (Å²) in [5.74, 6) is 0.895. The summed E-state index contributed by atoms with van der Waals surface area (Å²) >= 11 is 0. The summed E-state index contributed by atoms with van der Waals surface area (Å²) in [6, 6.07) is 9.38. The van der Waals surface area contributed by atoms with E-state index in [0.29, 0.717) is 24.8 Å². The number of amides is 1. The zero-order chi connectivity index (χ0) is 16.7. The van der Waals surface area contributed by atoms with Gasteiger partial charge in [-0.15, -0.1) is 0 Å². The summed E-state index contributed by atoms with van der Waals surface area (Å²) in [6.45, 7) is 4.92. The molecule has 2 aromatic rings. The quantitative estimate of drug-likeness (QED) is 0.841. The Morgan fingerprint density at radius 1 is 1.30 bits per heavy atom. The second-order valence-corrected chi connectivity index (χ2v) is 5.46. The molecule has 6 heteroatoms. The summed E-state index contributed by atoms with van der Waals surface area (Å²) in [7, 11) is 0. The van der Waals surface area contributed by atoms with Crippen LogP contribution in [0.1, 0.15) is 25.3 Å². The number of nitrogens with one attached hydrogen (secondary N) is 1. The van der Waals surface area contributed by atoms with Crippen molar-refractivity contribution in [3.63, 3.8) is 0 Å². The van der Waals surface area contributed by atoms with Crippen LogP contribution < -0.4 is 15.7 Å². The Kier molecular flexibility index (Phi) is 5.91. The third-order valence-corrected chi connectivity index (χ3v) is 3.37. The summed E-state index contributed by atoms with van der Waals surface area (Å²) in [6.07, 6.45) is 3.07. The standard InChI is InChI=1S/C17H21N3O3/c1-13(2)14-4-6-15(7-5-14)23-12-16(21)18-9-11-20-10-3-8-19-17(20)22/h3-8,10,13H,9,11-12H2,1-2H3,(H,18,21). The highest BCUT2D eigenvalue weighted by atomic mass is 16.5. The topological polar surface area (TPSA) is 73.2 Å². The van der Waals surface area contributed by atoms with E-state index < -0.39 is 0 Å². The molecule has 0 aliphatic carbocycles. The fourth-order valence-corrected chi connectivity index (χ4v) is 2.02. The number of carbonyl (C=O) groups is 1. The molecular weight excluding hydrogens is 294 g/mol. The molecule has 0 spiro atoms. The molecule has 122 valence electrons. The molecule has 1 N–H and O–H groups in total. The lowest BCUT2D eigenvalue weighted by Crippen LogP contribution is -2.34. The van der Waals surface area contributed by atoms with Crippen LogP contribution in [0.15, 0.2) is 47.5 Å². The van der Waals surface area contributed by atoms with Gasteiger partial charge in [0.05, 0.1) is 0 Å². The highest BCUT2D eigenvalue weighted by Gasteiger charge is 2.04. The van der Waals surface area contributed by atoms with Crippen molar-refractivity contribution in [2.45, 2.75) is 26.3 Å². The van der Waals surface area contributed by atoms with Gasteiger partial charge < -0.3 is 10.1 Å². The van der Waals surface area contributed by atoms with E-state index >= 15 is 0 Å². The van der Waals surface area contributed by atoms with E-state index in [0.717, 1.165) is 0 Å². The SMILES string of the molecule is CC(C)c1ccc(OCC(=O)NCCn2cccnc2=O)cc1. The zero-order valence-electron chi connectivity index (χ0n) is 13.4. The molecule has 2 rings (SSSR count). The molecule has 1 aromatic heterocycles. The third-order valence-electron chi connectivity index (χ3n) is 3.37. The molecule has 0 bridgehead atoms. The van der Waals surface area contributed by atoms with Crippen LogP contribution in [0.4, 0.5) is 0 Å². The third kappa shape index (κ3) is 5.25. The maximum atomic E-state index is 11.7. The minimum Gasteiger partial charge on any atom is -0.484 e. The summed E-state index contributed by atoms with van der Waals surface area (Å²) in [5, 5.41) is 2.71. The van der Waals surface area contributed by atoms with Crippen LogP contribution in [0.5, 0.6) is 5.75 Å². The minimum atomic E-state index is -0.330. The molecule has 0 atom stereocenters. The van der Waals surface area contributed by atoms with Gasteiger partial charge in [0.15, 0.2) is 6.61 Å². The van der Waals surface area contributed by atoms with Gasteiger partial charge in [0.2, 0.25) is 0 Å². The first-order valence-electron chi connectivity index (χ1n) is 7.57. The largest absolute Gasteiger partial charge is 0.484 e. The summed E-state index contributed by atoms with van der Waals surface area (Å²) in [5.41, 5.74) is 0.895. The Balaban J connectivity index is 1.73. The van der Waals surface area contributed by atoms with E-state index in [2.05, 4.69) is 24.1 Å². The van der Waals surface area contributed by atoms with Crippen molar-refractivity contribution in [1.29, 1.82) is 0 Å². The predicted octanol–water partition coefficient (Wildman–Crippen LogP) is 1.56. The second kappa shape index (κ2) is 8.12. The van der Waals surface area contributed by atoms with Gasteiger partial charge in [-0.2, -0.15) is 0 Å². The van der Waals surface area contributed by atoms with E-state index in [1.54, 1.807) is 12.3 Å². The number of hydrogen-bond donors (Lipinski definition) is 1. The predicted molar refractivity (Wildman–Crippen MR) is 87.5 cm³/mol. The highest BCUT2D eigenvalue weighted by Crippen LogP contribution is 2.18. The van der Waals surface area contributed by atoms with Crippen LogP contribution in [-0.4, -0.2) is 28.6 Å². The number of nitrogens with zero attached hydrogens (tertiary/aromatic N) is 2. The molecule has 1 amide bonds.